The fourth-order valence-corrected chi connectivity index (χ4v) is 4.29. The molecule has 0 aromatic carbocycles. The van der Waals surface area contributed by atoms with Crippen molar-refractivity contribution >= 4 is 23.1 Å². The molecule has 2 aromatic heterocycles. The number of aryl methyl sites for hydroxylation is 2. The molecule has 0 radical (unpaired) electrons. The monoisotopic (exact) mass is 345 g/mol. The van der Waals surface area contributed by atoms with E-state index in [2.05, 4.69) is 21.1 Å². The number of thiophene rings is 1. The molecule has 2 aromatic rings. The quantitative estimate of drug-likeness (QED) is 0.773. The van der Waals surface area contributed by atoms with Crippen molar-refractivity contribution in [3.63, 3.8) is 0 Å². The zero-order chi connectivity index (χ0) is 16.8. The van der Waals surface area contributed by atoms with Crippen LogP contribution < -0.4 is 16.4 Å². The van der Waals surface area contributed by atoms with Crippen molar-refractivity contribution in [1.82, 2.24) is 15.1 Å². The molecule has 0 spiro atoms. The van der Waals surface area contributed by atoms with Crippen molar-refractivity contribution in [1.29, 1.82) is 0 Å². The summed E-state index contributed by atoms with van der Waals surface area (Å²) >= 11 is 1.51. The molecule has 7 heteroatoms. The Balaban J connectivity index is 1.35. The molecule has 2 heterocycles. The van der Waals surface area contributed by atoms with Gasteiger partial charge in [-0.2, -0.15) is 5.10 Å². The summed E-state index contributed by atoms with van der Waals surface area (Å²) in [5, 5.41) is 13.0. The summed E-state index contributed by atoms with van der Waals surface area (Å²) in [5.41, 5.74) is 8.00. The molecule has 4 rings (SSSR count). The standard InChI is InChI=1S/C17H23N5OS/c1-9-3-16(22(2)21-9)20-17(23)15-4-10(8-24-15)13-7-14(13)19-12-5-11(18)6-12/h3-4,8,11-14,19H,5-7,18H2,1-2H3,(H,20,23). The number of carbonyl (C=O) groups is 1. The summed E-state index contributed by atoms with van der Waals surface area (Å²) in [6, 6.07) is 5.42. The molecule has 0 aliphatic heterocycles. The number of rotatable bonds is 5. The Morgan fingerprint density at radius 2 is 2.17 bits per heavy atom. The van der Waals surface area contributed by atoms with Gasteiger partial charge in [0, 0.05) is 37.2 Å². The van der Waals surface area contributed by atoms with Gasteiger partial charge < -0.3 is 16.4 Å². The third-order valence-electron chi connectivity index (χ3n) is 4.93. The van der Waals surface area contributed by atoms with Crippen LogP contribution in [-0.4, -0.2) is 33.8 Å². The zero-order valence-electron chi connectivity index (χ0n) is 14.0. The molecule has 2 aliphatic rings. The topological polar surface area (TPSA) is 85.0 Å². The molecule has 24 heavy (non-hydrogen) atoms. The summed E-state index contributed by atoms with van der Waals surface area (Å²) < 4.78 is 1.69. The third kappa shape index (κ3) is 3.11. The van der Waals surface area contributed by atoms with E-state index in [1.807, 2.05) is 26.1 Å². The number of nitrogens with zero attached hydrogens (tertiary/aromatic N) is 2. The minimum atomic E-state index is -0.0654. The minimum absolute atomic E-state index is 0.0654. The van der Waals surface area contributed by atoms with E-state index in [1.54, 1.807) is 4.68 Å². The van der Waals surface area contributed by atoms with E-state index in [0.29, 0.717) is 24.0 Å². The molecule has 2 saturated carbocycles. The van der Waals surface area contributed by atoms with E-state index in [0.717, 1.165) is 35.7 Å². The normalized spacial score (nSPS) is 28.5. The largest absolute Gasteiger partial charge is 0.328 e. The Morgan fingerprint density at radius 3 is 2.83 bits per heavy atom. The molecule has 2 fully saturated rings. The molecule has 0 saturated heterocycles. The Morgan fingerprint density at radius 1 is 1.38 bits per heavy atom. The number of hydrogen-bond donors (Lipinski definition) is 3. The van der Waals surface area contributed by atoms with Gasteiger partial charge in [0.15, 0.2) is 0 Å². The van der Waals surface area contributed by atoms with Crippen molar-refractivity contribution in [3.8, 4) is 0 Å². The maximum Gasteiger partial charge on any atom is 0.266 e. The van der Waals surface area contributed by atoms with Gasteiger partial charge in [-0.25, -0.2) is 0 Å². The smallest absolute Gasteiger partial charge is 0.266 e. The van der Waals surface area contributed by atoms with E-state index < -0.39 is 0 Å². The minimum Gasteiger partial charge on any atom is -0.328 e. The van der Waals surface area contributed by atoms with Gasteiger partial charge >= 0.3 is 0 Å². The van der Waals surface area contributed by atoms with Gasteiger partial charge in [-0.1, -0.05) is 0 Å². The lowest BCUT2D eigenvalue weighted by Gasteiger charge is -2.33. The highest BCUT2D eigenvalue weighted by molar-refractivity contribution is 7.12. The average molecular weight is 345 g/mol. The van der Waals surface area contributed by atoms with Gasteiger partial charge in [-0.15, -0.1) is 11.3 Å². The van der Waals surface area contributed by atoms with Gasteiger partial charge in [0.2, 0.25) is 0 Å². The Hall–Kier alpha value is -1.70. The number of nitrogens with two attached hydrogens (primary N) is 1. The molecule has 0 bridgehead atoms. The molecular weight excluding hydrogens is 322 g/mol. The van der Waals surface area contributed by atoms with Crippen LogP contribution in [0.25, 0.3) is 0 Å². The Kier molecular flexibility index (Phi) is 3.94. The van der Waals surface area contributed by atoms with Crippen LogP contribution in [0.2, 0.25) is 0 Å². The molecule has 128 valence electrons. The zero-order valence-corrected chi connectivity index (χ0v) is 14.8. The Bertz CT molecular complexity index is 761. The van der Waals surface area contributed by atoms with E-state index >= 15 is 0 Å². The first-order valence-electron chi connectivity index (χ1n) is 8.41. The number of aromatic nitrogens is 2. The lowest BCUT2D eigenvalue weighted by Crippen LogP contribution is -2.49. The van der Waals surface area contributed by atoms with Crippen molar-refractivity contribution in [2.24, 2.45) is 12.8 Å². The fraction of sp³-hybridized carbons (Fsp3) is 0.529. The van der Waals surface area contributed by atoms with Crippen molar-refractivity contribution in [3.05, 3.63) is 33.6 Å². The van der Waals surface area contributed by atoms with Gasteiger partial charge in [-0.05, 0) is 43.2 Å². The molecule has 6 nitrogen and oxygen atoms in total. The summed E-state index contributed by atoms with van der Waals surface area (Å²) in [6.45, 7) is 1.91. The number of anilines is 1. The highest BCUT2D eigenvalue weighted by atomic mass is 32.1. The lowest BCUT2D eigenvalue weighted by molar-refractivity contribution is 0.102. The molecular formula is C17H23N5OS. The predicted molar refractivity (Wildman–Crippen MR) is 95.5 cm³/mol. The maximum absolute atomic E-state index is 12.4. The van der Waals surface area contributed by atoms with E-state index in [4.69, 9.17) is 5.73 Å². The van der Waals surface area contributed by atoms with E-state index in [9.17, 15) is 4.79 Å². The van der Waals surface area contributed by atoms with Crippen molar-refractivity contribution < 1.29 is 4.79 Å². The van der Waals surface area contributed by atoms with Gasteiger partial charge in [0.1, 0.15) is 5.82 Å². The second-order valence-electron chi connectivity index (χ2n) is 7.04. The molecule has 2 unspecified atom stereocenters. The van der Waals surface area contributed by atoms with Crippen molar-refractivity contribution in [2.45, 2.75) is 50.2 Å². The summed E-state index contributed by atoms with van der Waals surface area (Å²) in [5.74, 6) is 1.20. The number of amides is 1. The predicted octanol–water partition coefficient (Wildman–Crippen LogP) is 1.98. The van der Waals surface area contributed by atoms with Crippen LogP contribution in [0.5, 0.6) is 0 Å². The van der Waals surface area contributed by atoms with Gasteiger partial charge in [-0.3, -0.25) is 9.48 Å². The Labute approximate surface area is 145 Å². The molecule has 2 aliphatic carbocycles. The second kappa shape index (κ2) is 5.98. The lowest BCUT2D eigenvalue weighted by atomic mass is 9.87. The average Bonchev–Trinajstić information content (AvgIpc) is 2.95. The first kappa shape index (κ1) is 15.8. The first-order valence-corrected chi connectivity index (χ1v) is 9.29. The third-order valence-corrected chi connectivity index (χ3v) is 5.88. The van der Waals surface area contributed by atoms with Gasteiger partial charge in [0.25, 0.3) is 5.91 Å². The van der Waals surface area contributed by atoms with Crippen LogP contribution in [0, 0.1) is 6.92 Å². The van der Waals surface area contributed by atoms with Gasteiger partial charge in [0.05, 0.1) is 10.6 Å². The summed E-state index contributed by atoms with van der Waals surface area (Å²) in [7, 11) is 1.83. The number of hydrogen-bond acceptors (Lipinski definition) is 5. The van der Waals surface area contributed by atoms with Crippen LogP contribution in [0.3, 0.4) is 0 Å². The van der Waals surface area contributed by atoms with Crippen LogP contribution in [0.15, 0.2) is 17.5 Å². The van der Waals surface area contributed by atoms with Crippen molar-refractivity contribution in [2.75, 3.05) is 5.32 Å². The number of carbonyl (C=O) groups excluding carboxylic acids is 1. The summed E-state index contributed by atoms with van der Waals surface area (Å²) in [6.07, 6.45) is 3.33. The molecule has 1 amide bonds. The highest BCUT2D eigenvalue weighted by Crippen LogP contribution is 2.43. The number of nitrogens with one attached hydrogen (secondary N) is 2. The maximum atomic E-state index is 12.4. The van der Waals surface area contributed by atoms with E-state index in [-0.39, 0.29) is 5.91 Å². The van der Waals surface area contributed by atoms with E-state index in [1.165, 1.54) is 16.9 Å². The van der Waals surface area contributed by atoms with Crippen LogP contribution in [0.4, 0.5) is 5.82 Å². The fourth-order valence-electron chi connectivity index (χ4n) is 3.42. The summed E-state index contributed by atoms with van der Waals surface area (Å²) in [4.78, 5) is 13.2. The SMILES string of the molecule is Cc1cc(NC(=O)c2cc(C3CC3NC3CC(N)C3)cs2)n(C)n1. The van der Waals surface area contributed by atoms with Crippen LogP contribution in [-0.2, 0) is 7.05 Å². The highest BCUT2D eigenvalue weighted by Gasteiger charge is 2.42. The molecule has 2 atom stereocenters. The van der Waals surface area contributed by atoms with Crippen LogP contribution >= 0.6 is 11.3 Å². The first-order chi connectivity index (χ1) is 11.5. The van der Waals surface area contributed by atoms with Crippen LogP contribution in [0.1, 0.15) is 46.1 Å². The second-order valence-corrected chi connectivity index (χ2v) is 7.95. The molecule has 4 N–H and O–H groups in total.